The standard InChI is InChI=1S/C16H24O3/c1-3-16(4-2)18-14(10-11-17)15(19-16)12-13-8-6-5-7-9-13/h5-9,14-15,17H,3-4,10-12H2,1-2H3/t14-,15?/m1/s1. The highest BCUT2D eigenvalue weighted by Gasteiger charge is 2.44. The van der Waals surface area contributed by atoms with E-state index in [0.29, 0.717) is 6.42 Å². The van der Waals surface area contributed by atoms with Gasteiger partial charge in [-0.3, -0.25) is 0 Å². The van der Waals surface area contributed by atoms with E-state index >= 15 is 0 Å². The Bertz CT molecular complexity index is 373. The molecule has 1 aliphatic heterocycles. The van der Waals surface area contributed by atoms with Crippen LogP contribution in [-0.2, 0) is 15.9 Å². The molecule has 0 aromatic heterocycles. The highest BCUT2D eigenvalue weighted by atomic mass is 16.8. The number of ether oxygens (including phenoxy) is 2. The summed E-state index contributed by atoms with van der Waals surface area (Å²) in [7, 11) is 0. The zero-order valence-electron chi connectivity index (χ0n) is 11.8. The smallest absolute Gasteiger partial charge is 0.168 e. The average Bonchev–Trinajstić information content (AvgIpc) is 2.79. The topological polar surface area (TPSA) is 38.7 Å². The van der Waals surface area contributed by atoms with Gasteiger partial charge in [-0.25, -0.2) is 0 Å². The molecule has 0 amide bonds. The molecule has 1 saturated heterocycles. The van der Waals surface area contributed by atoms with Crippen molar-refractivity contribution < 1.29 is 14.6 Å². The number of hydrogen-bond acceptors (Lipinski definition) is 3. The fourth-order valence-corrected chi connectivity index (χ4v) is 2.71. The molecule has 3 heteroatoms. The molecule has 3 nitrogen and oxygen atoms in total. The maximum absolute atomic E-state index is 9.19. The molecule has 19 heavy (non-hydrogen) atoms. The van der Waals surface area contributed by atoms with Crippen molar-refractivity contribution in [2.75, 3.05) is 6.61 Å². The Hall–Kier alpha value is -0.900. The lowest BCUT2D eigenvalue weighted by Gasteiger charge is -2.25. The van der Waals surface area contributed by atoms with Crippen LogP contribution in [0.3, 0.4) is 0 Å². The van der Waals surface area contributed by atoms with E-state index in [9.17, 15) is 5.11 Å². The zero-order valence-corrected chi connectivity index (χ0v) is 11.8. The molecule has 0 saturated carbocycles. The lowest BCUT2D eigenvalue weighted by Crippen LogP contribution is -2.29. The Kier molecular flexibility index (Phi) is 4.97. The lowest BCUT2D eigenvalue weighted by atomic mass is 10.0. The van der Waals surface area contributed by atoms with Crippen LogP contribution in [0.25, 0.3) is 0 Å². The van der Waals surface area contributed by atoms with Gasteiger partial charge in [0.05, 0.1) is 12.2 Å². The number of aliphatic hydroxyl groups is 1. The molecule has 0 bridgehead atoms. The monoisotopic (exact) mass is 264 g/mol. The van der Waals surface area contributed by atoms with E-state index < -0.39 is 5.79 Å². The fraction of sp³-hybridized carbons (Fsp3) is 0.625. The van der Waals surface area contributed by atoms with Crippen molar-refractivity contribution in [1.82, 2.24) is 0 Å². The summed E-state index contributed by atoms with van der Waals surface area (Å²) in [5, 5.41) is 9.19. The van der Waals surface area contributed by atoms with Crippen LogP contribution in [0.1, 0.15) is 38.7 Å². The number of aliphatic hydroxyl groups excluding tert-OH is 1. The summed E-state index contributed by atoms with van der Waals surface area (Å²) >= 11 is 0. The Balaban J connectivity index is 2.08. The van der Waals surface area contributed by atoms with Gasteiger partial charge < -0.3 is 14.6 Å². The predicted octanol–water partition coefficient (Wildman–Crippen LogP) is 2.91. The van der Waals surface area contributed by atoms with E-state index in [-0.39, 0.29) is 18.8 Å². The number of hydrogen-bond donors (Lipinski definition) is 1. The van der Waals surface area contributed by atoms with Gasteiger partial charge in [0.2, 0.25) is 0 Å². The van der Waals surface area contributed by atoms with Crippen molar-refractivity contribution >= 4 is 0 Å². The van der Waals surface area contributed by atoms with Gasteiger partial charge in [-0.05, 0) is 24.8 Å². The second-order valence-corrected chi connectivity index (χ2v) is 5.13. The molecule has 2 atom stereocenters. The largest absolute Gasteiger partial charge is 0.396 e. The van der Waals surface area contributed by atoms with Gasteiger partial charge in [0.15, 0.2) is 5.79 Å². The fourth-order valence-electron chi connectivity index (χ4n) is 2.71. The highest BCUT2D eigenvalue weighted by molar-refractivity contribution is 5.16. The van der Waals surface area contributed by atoms with Crippen molar-refractivity contribution in [3.05, 3.63) is 35.9 Å². The van der Waals surface area contributed by atoms with Crippen molar-refractivity contribution in [2.45, 2.75) is 57.5 Å². The van der Waals surface area contributed by atoms with Crippen LogP contribution < -0.4 is 0 Å². The molecule has 1 N–H and O–H groups in total. The first-order valence-corrected chi connectivity index (χ1v) is 7.23. The zero-order chi connectivity index (χ0) is 13.7. The van der Waals surface area contributed by atoms with Gasteiger partial charge in [0.25, 0.3) is 0 Å². The lowest BCUT2D eigenvalue weighted by molar-refractivity contribution is -0.179. The third-order valence-electron chi connectivity index (χ3n) is 3.92. The van der Waals surface area contributed by atoms with Gasteiger partial charge in [-0.1, -0.05) is 44.2 Å². The minimum atomic E-state index is -0.459. The third-order valence-corrected chi connectivity index (χ3v) is 3.92. The maximum Gasteiger partial charge on any atom is 0.168 e. The Morgan fingerprint density at radius 3 is 2.26 bits per heavy atom. The molecule has 1 heterocycles. The summed E-state index contributed by atoms with van der Waals surface area (Å²) in [6.07, 6.45) is 3.19. The second kappa shape index (κ2) is 6.51. The highest BCUT2D eigenvalue weighted by Crippen LogP contribution is 2.36. The molecule has 106 valence electrons. The van der Waals surface area contributed by atoms with Crippen LogP contribution in [-0.4, -0.2) is 29.7 Å². The van der Waals surface area contributed by atoms with Gasteiger partial charge in [0, 0.05) is 13.0 Å². The Morgan fingerprint density at radius 2 is 1.68 bits per heavy atom. The van der Waals surface area contributed by atoms with Crippen LogP contribution in [0.2, 0.25) is 0 Å². The quantitative estimate of drug-likeness (QED) is 0.858. The minimum absolute atomic E-state index is 0.00916. The van der Waals surface area contributed by atoms with E-state index in [2.05, 4.69) is 26.0 Å². The van der Waals surface area contributed by atoms with Gasteiger partial charge >= 0.3 is 0 Å². The van der Waals surface area contributed by atoms with Crippen LogP contribution >= 0.6 is 0 Å². The first-order chi connectivity index (χ1) is 9.23. The Labute approximate surface area is 115 Å². The van der Waals surface area contributed by atoms with E-state index in [0.717, 1.165) is 19.3 Å². The Morgan fingerprint density at radius 1 is 1.05 bits per heavy atom. The van der Waals surface area contributed by atoms with E-state index in [4.69, 9.17) is 9.47 Å². The van der Waals surface area contributed by atoms with Crippen molar-refractivity contribution in [3.63, 3.8) is 0 Å². The molecule has 1 aliphatic rings. The number of benzene rings is 1. The normalized spacial score (nSPS) is 25.6. The summed E-state index contributed by atoms with van der Waals surface area (Å²) < 4.78 is 12.3. The van der Waals surface area contributed by atoms with Crippen LogP contribution in [0.15, 0.2) is 30.3 Å². The van der Waals surface area contributed by atoms with E-state index in [1.807, 2.05) is 18.2 Å². The van der Waals surface area contributed by atoms with Crippen molar-refractivity contribution in [3.8, 4) is 0 Å². The SMILES string of the molecule is CCC1(CC)OC(Cc2ccccc2)[C@@H](CCO)O1. The first kappa shape index (κ1) is 14.5. The molecule has 1 fully saturated rings. The van der Waals surface area contributed by atoms with Crippen molar-refractivity contribution in [1.29, 1.82) is 0 Å². The van der Waals surface area contributed by atoms with Crippen LogP contribution in [0, 0.1) is 0 Å². The molecule has 0 aliphatic carbocycles. The minimum Gasteiger partial charge on any atom is -0.396 e. The molecular weight excluding hydrogens is 240 g/mol. The molecule has 1 aromatic rings. The second-order valence-electron chi connectivity index (χ2n) is 5.13. The average molecular weight is 264 g/mol. The van der Waals surface area contributed by atoms with Gasteiger partial charge in [0.1, 0.15) is 0 Å². The third kappa shape index (κ3) is 3.35. The maximum atomic E-state index is 9.19. The van der Waals surface area contributed by atoms with E-state index in [1.54, 1.807) is 0 Å². The van der Waals surface area contributed by atoms with Gasteiger partial charge in [-0.15, -0.1) is 0 Å². The summed E-state index contributed by atoms with van der Waals surface area (Å²) in [5.74, 6) is -0.459. The summed E-state index contributed by atoms with van der Waals surface area (Å²) in [5.41, 5.74) is 1.25. The van der Waals surface area contributed by atoms with Crippen LogP contribution in [0.5, 0.6) is 0 Å². The van der Waals surface area contributed by atoms with Gasteiger partial charge in [-0.2, -0.15) is 0 Å². The number of rotatable bonds is 6. The van der Waals surface area contributed by atoms with Crippen LogP contribution in [0.4, 0.5) is 0 Å². The van der Waals surface area contributed by atoms with E-state index in [1.165, 1.54) is 5.56 Å². The van der Waals surface area contributed by atoms with Crippen molar-refractivity contribution in [2.24, 2.45) is 0 Å². The molecular formula is C16H24O3. The predicted molar refractivity (Wildman–Crippen MR) is 74.9 cm³/mol. The summed E-state index contributed by atoms with van der Waals surface area (Å²) in [6.45, 7) is 4.32. The first-order valence-electron chi connectivity index (χ1n) is 7.23. The molecule has 1 unspecified atom stereocenters. The molecule has 0 spiro atoms. The molecule has 2 rings (SSSR count). The summed E-state index contributed by atoms with van der Waals surface area (Å²) in [4.78, 5) is 0. The molecule has 1 aromatic carbocycles. The summed E-state index contributed by atoms with van der Waals surface area (Å²) in [6, 6.07) is 10.3. The molecule has 0 radical (unpaired) electrons.